The molecule has 1 aliphatic carbocycles. The van der Waals surface area contributed by atoms with Gasteiger partial charge in [-0.15, -0.1) is 11.3 Å². The van der Waals surface area contributed by atoms with Crippen molar-refractivity contribution in [2.75, 3.05) is 13.1 Å². The molecule has 1 N–H and O–H groups in total. The van der Waals surface area contributed by atoms with Crippen LogP contribution in [-0.2, 0) is 11.2 Å². The Balaban J connectivity index is 2.00. The zero-order valence-corrected chi connectivity index (χ0v) is 11.0. The van der Waals surface area contributed by atoms with Gasteiger partial charge in [-0.2, -0.15) is 0 Å². The fraction of sp³-hybridized carbons (Fsp3) is 0.692. The molecule has 0 aliphatic heterocycles. The third kappa shape index (κ3) is 3.12. The summed E-state index contributed by atoms with van der Waals surface area (Å²) in [6.45, 7) is 3.05. The molecule has 17 heavy (non-hydrogen) atoms. The highest BCUT2D eigenvalue weighted by Crippen LogP contribution is 2.39. The highest BCUT2D eigenvalue weighted by Gasteiger charge is 2.40. The lowest BCUT2D eigenvalue weighted by Crippen LogP contribution is -2.26. The highest BCUT2D eigenvalue weighted by atomic mass is 32.1. The summed E-state index contributed by atoms with van der Waals surface area (Å²) in [6.07, 6.45) is 1.70. The predicted molar refractivity (Wildman–Crippen MR) is 71.4 cm³/mol. The molecule has 2 radical (unpaired) electrons. The van der Waals surface area contributed by atoms with Crippen molar-refractivity contribution in [3.8, 4) is 0 Å². The second kappa shape index (κ2) is 6.03. The molecule has 1 saturated carbocycles. The maximum Gasteiger partial charge on any atom is 0.104 e. The van der Waals surface area contributed by atoms with Crippen molar-refractivity contribution < 1.29 is 9.84 Å². The fourth-order valence-corrected chi connectivity index (χ4v) is 3.67. The summed E-state index contributed by atoms with van der Waals surface area (Å²) in [7, 11) is 5.37. The summed E-state index contributed by atoms with van der Waals surface area (Å²) in [4.78, 5) is 1.40. The van der Waals surface area contributed by atoms with E-state index in [0.29, 0.717) is 18.4 Å². The first kappa shape index (κ1) is 13.1. The molecule has 0 amide bonds. The summed E-state index contributed by atoms with van der Waals surface area (Å²) in [5, 5.41) is 12.2. The number of thiophene rings is 1. The standard InChI is InChI=1S/C13H19BO2S/c1-9-5-13(15)12(7-16-8-14)11(9)6-10-3-2-4-17-10/h2-4,9,11-13,15H,5-8H2,1H3. The average Bonchev–Trinajstić information content (AvgIpc) is 2.88. The van der Waals surface area contributed by atoms with Crippen LogP contribution in [0.1, 0.15) is 18.2 Å². The maximum atomic E-state index is 10.1. The molecule has 2 nitrogen and oxygen atoms in total. The monoisotopic (exact) mass is 250 g/mol. The molecular weight excluding hydrogens is 231 g/mol. The van der Waals surface area contributed by atoms with E-state index in [1.165, 1.54) is 4.88 Å². The first-order valence-corrected chi connectivity index (χ1v) is 7.08. The number of aliphatic hydroxyl groups excluding tert-OH is 1. The number of aliphatic hydroxyl groups is 1. The minimum absolute atomic E-state index is 0.232. The summed E-state index contributed by atoms with van der Waals surface area (Å²) in [6, 6.07) is 4.25. The van der Waals surface area contributed by atoms with Crippen LogP contribution < -0.4 is 0 Å². The Morgan fingerprint density at radius 1 is 1.53 bits per heavy atom. The first-order chi connectivity index (χ1) is 8.22. The van der Waals surface area contributed by atoms with Crippen molar-refractivity contribution in [1.29, 1.82) is 0 Å². The van der Waals surface area contributed by atoms with Crippen LogP contribution in [0.15, 0.2) is 17.5 Å². The SMILES string of the molecule is [B]COCC1C(O)CC(C)C1Cc1cccs1. The smallest absolute Gasteiger partial charge is 0.104 e. The number of rotatable bonds is 5. The van der Waals surface area contributed by atoms with Crippen LogP contribution in [0.4, 0.5) is 0 Å². The molecule has 0 bridgehead atoms. The Morgan fingerprint density at radius 2 is 2.35 bits per heavy atom. The van der Waals surface area contributed by atoms with Crippen molar-refractivity contribution >= 4 is 19.2 Å². The lowest BCUT2D eigenvalue weighted by Gasteiger charge is -2.23. The summed E-state index contributed by atoms with van der Waals surface area (Å²) in [5.41, 5.74) is 0. The van der Waals surface area contributed by atoms with Gasteiger partial charge in [0.25, 0.3) is 0 Å². The van der Waals surface area contributed by atoms with E-state index >= 15 is 0 Å². The van der Waals surface area contributed by atoms with E-state index in [1.54, 1.807) is 11.3 Å². The number of hydrogen-bond donors (Lipinski definition) is 1. The number of ether oxygens (including phenoxy) is 1. The zero-order valence-electron chi connectivity index (χ0n) is 10.2. The first-order valence-electron chi connectivity index (χ1n) is 6.20. The van der Waals surface area contributed by atoms with Gasteiger partial charge in [-0.1, -0.05) is 13.0 Å². The maximum absolute atomic E-state index is 10.1. The van der Waals surface area contributed by atoms with Crippen molar-refractivity contribution in [2.45, 2.75) is 25.9 Å². The second-order valence-corrected chi connectivity index (χ2v) is 5.96. The van der Waals surface area contributed by atoms with Gasteiger partial charge in [0.2, 0.25) is 0 Å². The lowest BCUT2D eigenvalue weighted by molar-refractivity contribution is 0.0436. The van der Waals surface area contributed by atoms with E-state index in [-0.39, 0.29) is 18.5 Å². The van der Waals surface area contributed by atoms with E-state index < -0.39 is 0 Å². The van der Waals surface area contributed by atoms with Gasteiger partial charge in [0.05, 0.1) is 12.7 Å². The van der Waals surface area contributed by atoms with E-state index in [1.807, 2.05) is 0 Å². The quantitative estimate of drug-likeness (QED) is 0.810. The molecule has 92 valence electrons. The van der Waals surface area contributed by atoms with Gasteiger partial charge in [0.1, 0.15) is 7.85 Å². The molecule has 0 saturated heterocycles. The third-order valence-electron chi connectivity index (χ3n) is 3.83. The highest BCUT2D eigenvalue weighted by molar-refractivity contribution is 7.09. The van der Waals surface area contributed by atoms with E-state index in [9.17, 15) is 5.11 Å². The molecule has 4 unspecified atom stereocenters. The summed E-state index contributed by atoms with van der Waals surface area (Å²) < 4.78 is 5.31. The zero-order chi connectivity index (χ0) is 12.3. The fourth-order valence-electron chi connectivity index (χ4n) is 2.89. The van der Waals surface area contributed by atoms with Crippen molar-refractivity contribution in [3.63, 3.8) is 0 Å². The van der Waals surface area contributed by atoms with Crippen LogP contribution in [0, 0.1) is 17.8 Å². The van der Waals surface area contributed by atoms with Gasteiger partial charge >= 0.3 is 0 Å². The van der Waals surface area contributed by atoms with Gasteiger partial charge in [-0.05, 0) is 36.1 Å². The van der Waals surface area contributed by atoms with Gasteiger partial charge in [0.15, 0.2) is 0 Å². The summed E-state index contributed by atoms with van der Waals surface area (Å²) >= 11 is 1.79. The predicted octanol–water partition coefficient (Wildman–Crippen LogP) is 2.07. The van der Waals surface area contributed by atoms with Crippen molar-refractivity contribution in [2.24, 2.45) is 17.8 Å². The molecule has 1 aliphatic rings. The van der Waals surface area contributed by atoms with Crippen LogP contribution in [0.25, 0.3) is 0 Å². The Kier molecular flexibility index (Phi) is 4.65. The van der Waals surface area contributed by atoms with Crippen LogP contribution in [-0.4, -0.2) is 32.2 Å². The minimum atomic E-state index is -0.235. The van der Waals surface area contributed by atoms with Crippen LogP contribution in [0.3, 0.4) is 0 Å². The van der Waals surface area contributed by atoms with Crippen molar-refractivity contribution in [1.82, 2.24) is 0 Å². The minimum Gasteiger partial charge on any atom is -0.393 e. The Hall–Kier alpha value is -0.315. The van der Waals surface area contributed by atoms with Gasteiger partial charge in [0, 0.05) is 17.3 Å². The molecule has 1 heterocycles. The van der Waals surface area contributed by atoms with E-state index in [4.69, 9.17) is 12.6 Å². The van der Waals surface area contributed by atoms with Gasteiger partial charge in [-0.3, -0.25) is 0 Å². The average molecular weight is 250 g/mol. The van der Waals surface area contributed by atoms with Crippen molar-refractivity contribution in [3.05, 3.63) is 22.4 Å². The van der Waals surface area contributed by atoms with E-state index in [2.05, 4.69) is 24.4 Å². The molecule has 0 aromatic carbocycles. The molecule has 0 spiro atoms. The molecule has 1 aromatic rings. The largest absolute Gasteiger partial charge is 0.393 e. The topological polar surface area (TPSA) is 29.5 Å². The molecule has 1 aromatic heterocycles. The normalized spacial score (nSPS) is 33.1. The van der Waals surface area contributed by atoms with Crippen LogP contribution in [0.5, 0.6) is 0 Å². The molecule has 4 heteroatoms. The van der Waals surface area contributed by atoms with E-state index in [0.717, 1.165) is 12.8 Å². The third-order valence-corrected chi connectivity index (χ3v) is 4.73. The van der Waals surface area contributed by atoms with Crippen LogP contribution in [0.2, 0.25) is 0 Å². The van der Waals surface area contributed by atoms with Crippen LogP contribution >= 0.6 is 11.3 Å². The van der Waals surface area contributed by atoms with Gasteiger partial charge in [-0.25, -0.2) is 0 Å². The lowest BCUT2D eigenvalue weighted by atomic mass is 9.87. The Morgan fingerprint density at radius 3 is 3.00 bits per heavy atom. The Bertz CT molecular complexity index is 328. The molecule has 1 fully saturated rings. The summed E-state index contributed by atoms with van der Waals surface area (Å²) in [5.74, 6) is 1.30. The molecule has 4 atom stereocenters. The number of hydrogen-bond acceptors (Lipinski definition) is 3. The molecule has 2 rings (SSSR count). The Labute approximate surface area is 108 Å². The molecular formula is C13H19BO2S. The van der Waals surface area contributed by atoms with Gasteiger partial charge < -0.3 is 9.84 Å². The second-order valence-electron chi connectivity index (χ2n) is 4.93.